The highest BCUT2D eigenvalue weighted by atomic mass is 32.1. The van der Waals surface area contributed by atoms with Gasteiger partial charge in [0.2, 0.25) is 0 Å². The number of fused-ring (bicyclic) bond motifs is 6. The van der Waals surface area contributed by atoms with E-state index in [2.05, 4.69) is 167 Å². The highest BCUT2D eigenvalue weighted by molar-refractivity contribution is 7.13. The number of benzene rings is 6. The quantitative estimate of drug-likeness (QED) is 0.193. The zero-order valence-corrected chi connectivity index (χ0v) is 26.6. The molecule has 10 rings (SSSR count). The molecule has 3 aromatic heterocycles. The van der Waals surface area contributed by atoms with Gasteiger partial charge >= 0.3 is 0 Å². The van der Waals surface area contributed by atoms with Gasteiger partial charge in [0.05, 0.1) is 33.8 Å². The van der Waals surface area contributed by atoms with Crippen LogP contribution in [0.4, 0.5) is 17.1 Å². The van der Waals surface area contributed by atoms with E-state index in [0.29, 0.717) is 0 Å². The van der Waals surface area contributed by atoms with E-state index in [1.807, 2.05) is 6.20 Å². The second kappa shape index (κ2) is 10.7. The van der Waals surface area contributed by atoms with Crippen LogP contribution in [0.1, 0.15) is 0 Å². The van der Waals surface area contributed by atoms with Gasteiger partial charge < -0.3 is 14.2 Å². The van der Waals surface area contributed by atoms with Crippen molar-refractivity contribution >= 4 is 61.0 Å². The maximum atomic E-state index is 6.84. The van der Waals surface area contributed by atoms with Crippen LogP contribution in [-0.2, 0) is 0 Å². The Balaban J connectivity index is 1.17. The summed E-state index contributed by atoms with van der Waals surface area (Å²) in [4.78, 5) is 8.36. The summed E-state index contributed by atoms with van der Waals surface area (Å²) in [7, 11) is 0. The molecule has 0 saturated heterocycles. The average Bonchev–Trinajstić information content (AvgIpc) is 3.81. The van der Waals surface area contributed by atoms with E-state index in [1.54, 1.807) is 11.3 Å². The first kappa shape index (κ1) is 27.0. The van der Waals surface area contributed by atoms with Crippen LogP contribution in [0.5, 0.6) is 11.5 Å². The van der Waals surface area contributed by atoms with Gasteiger partial charge in [-0.15, -0.1) is 11.3 Å². The van der Waals surface area contributed by atoms with E-state index in [1.165, 1.54) is 32.1 Å². The Labute approximate surface area is 281 Å². The number of anilines is 3. The molecule has 226 valence electrons. The minimum Gasteiger partial charge on any atom is -0.453 e. The molecule has 0 unspecified atom stereocenters. The standard InChI is InChI=1S/C43H27N3OS/c1-2-12-33-28(9-1)22-23-44-43(33)30-10-7-11-31(25-30)46-38-20-18-29(42-17-8-24-48-42)26-40(38)47-41-27-32(19-21-39(41)46)45-36-15-5-3-13-34(36)35-14-4-6-16-37(35)45/h1-27H. The number of ether oxygens (including phenoxy) is 1. The minimum absolute atomic E-state index is 0.805. The van der Waals surface area contributed by atoms with Crippen LogP contribution in [0.3, 0.4) is 0 Å². The van der Waals surface area contributed by atoms with Crippen molar-refractivity contribution in [2.45, 2.75) is 0 Å². The molecule has 9 aromatic rings. The van der Waals surface area contributed by atoms with Crippen molar-refractivity contribution in [3.63, 3.8) is 0 Å². The molecule has 5 heteroatoms. The summed E-state index contributed by atoms with van der Waals surface area (Å²) >= 11 is 1.73. The van der Waals surface area contributed by atoms with Crippen molar-refractivity contribution in [2.75, 3.05) is 4.90 Å². The van der Waals surface area contributed by atoms with Crippen LogP contribution in [0.2, 0.25) is 0 Å². The number of para-hydroxylation sites is 2. The summed E-state index contributed by atoms with van der Waals surface area (Å²) in [6.07, 6.45) is 1.89. The summed E-state index contributed by atoms with van der Waals surface area (Å²) in [5, 5.41) is 6.89. The predicted molar refractivity (Wildman–Crippen MR) is 200 cm³/mol. The third-order valence-corrected chi connectivity index (χ3v) is 10.2. The van der Waals surface area contributed by atoms with Crippen molar-refractivity contribution in [3.05, 3.63) is 163 Å². The predicted octanol–water partition coefficient (Wildman–Crippen LogP) is 12.3. The zero-order valence-electron chi connectivity index (χ0n) is 25.7. The molecule has 0 aliphatic carbocycles. The minimum atomic E-state index is 0.805. The topological polar surface area (TPSA) is 30.3 Å². The van der Waals surface area contributed by atoms with E-state index in [0.717, 1.165) is 56.5 Å². The third kappa shape index (κ3) is 4.18. The van der Waals surface area contributed by atoms with Crippen molar-refractivity contribution in [1.29, 1.82) is 0 Å². The monoisotopic (exact) mass is 633 g/mol. The number of pyridine rings is 1. The van der Waals surface area contributed by atoms with Gasteiger partial charge in [-0.25, -0.2) is 0 Å². The lowest BCUT2D eigenvalue weighted by Crippen LogP contribution is -2.16. The normalized spacial score (nSPS) is 12.3. The van der Waals surface area contributed by atoms with Gasteiger partial charge in [0, 0.05) is 44.5 Å². The third-order valence-electron chi connectivity index (χ3n) is 9.30. The van der Waals surface area contributed by atoms with E-state index >= 15 is 0 Å². The van der Waals surface area contributed by atoms with Gasteiger partial charge in [-0.05, 0) is 77.0 Å². The van der Waals surface area contributed by atoms with E-state index in [4.69, 9.17) is 9.72 Å². The molecular formula is C43H27N3OS. The molecule has 0 saturated carbocycles. The molecule has 1 aliphatic rings. The summed E-state index contributed by atoms with van der Waals surface area (Å²) in [6.45, 7) is 0. The van der Waals surface area contributed by atoms with Gasteiger partial charge in [0.15, 0.2) is 11.5 Å². The summed E-state index contributed by atoms with van der Waals surface area (Å²) in [6, 6.07) is 53.7. The molecule has 4 heterocycles. The highest BCUT2D eigenvalue weighted by Crippen LogP contribution is 2.52. The number of thiophene rings is 1. The fraction of sp³-hybridized carbons (Fsp3) is 0. The number of hydrogen-bond donors (Lipinski definition) is 0. The molecule has 0 atom stereocenters. The molecule has 0 bridgehead atoms. The van der Waals surface area contributed by atoms with Crippen LogP contribution in [0.25, 0.3) is 60.0 Å². The Hall–Kier alpha value is -6.17. The molecular weight excluding hydrogens is 607 g/mol. The fourth-order valence-electron chi connectivity index (χ4n) is 7.15. The summed E-state index contributed by atoms with van der Waals surface area (Å²) < 4.78 is 9.18. The summed E-state index contributed by atoms with van der Waals surface area (Å²) in [5.74, 6) is 1.63. The van der Waals surface area contributed by atoms with Crippen molar-refractivity contribution < 1.29 is 4.74 Å². The van der Waals surface area contributed by atoms with E-state index < -0.39 is 0 Å². The maximum absolute atomic E-state index is 6.84. The van der Waals surface area contributed by atoms with Crippen molar-refractivity contribution in [1.82, 2.24) is 9.55 Å². The second-order valence-electron chi connectivity index (χ2n) is 12.1. The van der Waals surface area contributed by atoms with Crippen LogP contribution < -0.4 is 9.64 Å². The van der Waals surface area contributed by atoms with Gasteiger partial charge in [0.25, 0.3) is 0 Å². The fourth-order valence-corrected chi connectivity index (χ4v) is 7.88. The van der Waals surface area contributed by atoms with Gasteiger partial charge in [-0.3, -0.25) is 4.98 Å². The molecule has 4 nitrogen and oxygen atoms in total. The molecule has 6 aromatic carbocycles. The van der Waals surface area contributed by atoms with Gasteiger partial charge in [-0.2, -0.15) is 0 Å². The largest absolute Gasteiger partial charge is 0.453 e. The zero-order chi connectivity index (χ0) is 31.6. The number of nitrogens with zero attached hydrogens (tertiary/aromatic N) is 3. The lowest BCUT2D eigenvalue weighted by molar-refractivity contribution is 0.477. The van der Waals surface area contributed by atoms with Crippen molar-refractivity contribution in [3.8, 4) is 38.9 Å². The second-order valence-corrected chi connectivity index (χ2v) is 13.0. The maximum Gasteiger partial charge on any atom is 0.153 e. The molecule has 0 spiro atoms. The molecule has 48 heavy (non-hydrogen) atoms. The Kier molecular flexibility index (Phi) is 6.01. The Bertz CT molecular complexity index is 2610. The van der Waals surface area contributed by atoms with Crippen LogP contribution in [0.15, 0.2) is 163 Å². The van der Waals surface area contributed by atoms with Crippen molar-refractivity contribution in [2.24, 2.45) is 0 Å². The van der Waals surface area contributed by atoms with Crippen LogP contribution >= 0.6 is 11.3 Å². The lowest BCUT2D eigenvalue weighted by atomic mass is 10.0. The van der Waals surface area contributed by atoms with E-state index in [-0.39, 0.29) is 0 Å². The molecule has 1 aliphatic heterocycles. The average molecular weight is 634 g/mol. The SMILES string of the molecule is c1cc(-c2nccc3ccccc23)cc(N2c3ccc(-c4cccs4)cc3Oc3cc(-n4c5ccccc5c5ccccc54)ccc32)c1. The Morgan fingerprint density at radius 3 is 2.04 bits per heavy atom. The molecule has 0 fully saturated rings. The number of aromatic nitrogens is 2. The number of rotatable bonds is 4. The first-order chi connectivity index (χ1) is 23.8. The van der Waals surface area contributed by atoms with E-state index in [9.17, 15) is 0 Å². The Morgan fingerprint density at radius 2 is 1.25 bits per heavy atom. The lowest BCUT2D eigenvalue weighted by Gasteiger charge is -2.33. The van der Waals surface area contributed by atoms with Gasteiger partial charge in [-0.1, -0.05) is 84.9 Å². The highest BCUT2D eigenvalue weighted by Gasteiger charge is 2.28. The molecule has 0 amide bonds. The first-order valence-electron chi connectivity index (χ1n) is 16.0. The number of hydrogen-bond acceptors (Lipinski definition) is 4. The molecule has 0 N–H and O–H groups in total. The summed E-state index contributed by atoms with van der Waals surface area (Å²) in [5.41, 5.74) is 9.59. The first-order valence-corrected chi connectivity index (χ1v) is 16.9. The Morgan fingerprint density at radius 1 is 0.521 bits per heavy atom. The molecule has 0 radical (unpaired) electrons. The van der Waals surface area contributed by atoms with Crippen LogP contribution in [-0.4, -0.2) is 9.55 Å². The smallest absolute Gasteiger partial charge is 0.153 e. The van der Waals surface area contributed by atoms with Crippen LogP contribution in [0, 0.1) is 0 Å². The van der Waals surface area contributed by atoms with Gasteiger partial charge in [0.1, 0.15) is 0 Å².